The molecule has 0 fully saturated rings. The number of hydrazine groups is 1. The average molecular weight is 315 g/mol. The van der Waals surface area contributed by atoms with Crippen LogP contribution in [0.2, 0.25) is 0 Å². The minimum absolute atomic E-state index is 0.00840. The van der Waals surface area contributed by atoms with Crippen molar-refractivity contribution in [3.05, 3.63) is 52.8 Å². The summed E-state index contributed by atoms with van der Waals surface area (Å²) in [7, 11) is 0. The lowest BCUT2D eigenvalue weighted by atomic mass is 10.0. The maximum absolute atomic E-state index is 12.0. The summed E-state index contributed by atoms with van der Waals surface area (Å²) in [6.45, 7) is 2.75. The molecule has 0 bridgehead atoms. The highest BCUT2D eigenvalue weighted by atomic mass is 16.3. The van der Waals surface area contributed by atoms with Crippen LogP contribution in [0.15, 0.2) is 30.3 Å². The van der Waals surface area contributed by atoms with Gasteiger partial charge in [0.05, 0.1) is 13.2 Å². The van der Waals surface area contributed by atoms with E-state index in [-0.39, 0.29) is 12.5 Å². The van der Waals surface area contributed by atoms with Gasteiger partial charge < -0.3 is 5.11 Å². The van der Waals surface area contributed by atoms with Crippen molar-refractivity contribution in [2.24, 2.45) is 5.84 Å². The summed E-state index contributed by atoms with van der Waals surface area (Å²) >= 11 is 0. The normalized spacial score (nSPS) is 14.5. The third kappa shape index (κ3) is 3.26. The maximum Gasteiger partial charge on any atom is 0.286 e. The van der Waals surface area contributed by atoms with E-state index in [0.717, 1.165) is 30.8 Å². The number of benzene rings is 1. The molecular formula is C16H21N5O2. The van der Waals surface area contributed by atoms with E-state index in [1.54, 1.807) is 4.68 Å². The molecule has 122 valence electrons. The molecule has 0 radical (unpaired) electrons. The number of carbonyl (C=O) groups is 1. The van der Waals surface area contributed by atoms with Gasteiger partial charge in [-0.3, -0.25) is 19.8 Å². The van der Waals surface area contributed by atoms with Crippen molar-refractivity contribution >= 4 is 5.91 Å². The Bertz CT molecular complexity index is 683. The molecule has 0 saturated heterocycles. The second-order valence-electron chi connectivity index (χ2n) is 5.64. The number of hydrogen-bond donors (Lipinski definition) is 3. The molecule has 0 aliphatic carbocycles. The third-order valence-electron chi connectivity index (χ3n) is 4.12. The summed E-state index contributed by atoms with van der Waals surface area (Å²) in [5.74, 6) is 4.88. The van der Waals surface area contributed by atoms with E-state index in [9.17, 15) is 9.90 Å². The number of aliphatic hydroxyl groups is 1. The van der Waals surface area contributed by atoms with Gasteiger partial charge in [0.25, 0.3) is 5.91 Å². The van der Waals surface area contributed by atoms with E-state index in [1.165, 1.54) is 5.56 Å². The molecule has 4 N–H and O–H groups in total. The van der Waals surface area contributed by atoms with Gasteiger partial charge in [-0.1, -0.05) is 30.3 Å². The highest BCUT2D eigenvalue weighted by Gasteiger charge is 2.27. The highest BCUT2D eigenvalue weighted by molar-refractivity contribution is 5.93. The second-order valence-corrected chi connectivity index (χ2v) is 5.64. The van der Waals surface area contributed by atoms with Gasteiger partial charge in [-0.2, -0.15) is 5.10 Å². The molecule has 3 rings (SSSR count). The summed E-state index contributed by atoms with van der Waals surface area (Å²) in [4.78, 5) is 14.3. The van der Waals surface area contributed by atoms with Crippen LogP contribution in [0.4, 0.5) is 0 Å². The van der Waals surface area contributed by atoms with Crippen molar-refractivity contribution in [3.8, 4) is 0 Å². The summed E-state index contributed by atoms with van der Waals surface area (Å²) < 4.78 is 1.72. The van der Waals surface area contributed by atoms with Gasteiger partial charge in [0.1, 0.15) is 0 Å². The fourth-order valence-electron chi connectivity index (χ4n) is 3.05. The number of hydrogen-bond acceptors (Lipinski definition) is 5. The fraction of sp³-hybridized carbons (Fsp3) is 0.375. The summed E-state index contributed by atoms with van der Waals surface area (Å²) in [6.07, 6.45) is 0.799. The third-order valence-corrected chi connectivity index (χ3v) is 4.12. The number of rotatable bonds is 5. The van der Waals surface area contributed by atoms with Gasteiger partial charge >= 0.3 is 0 Å². The van der Waals surface area contributed by atoms with Gasteiger partial charge in [0.2, 0.25) is 0 Å². The summed E-state index contributed by atoms with van der Waals surface area (Å²) in [5, 5.41) is 13.5. The average Bonchev–Trinajstić information content (AvgIpc) is 2.93. The highest BCUT2D eigenvalue weighted by Crippen LogP contribution is 2.24. The van der Waals surface area contributed by atoms with Crippen LogP contribution in [0.5, 0.6) is 0 Å². The molecule has 1 aliphatic rings. The Labute approximate surface area is 134 Å². The molecule has 0 saturated carbocycles. The molecule has 1 amide bonds. The van der Waals surface area contributed by atoms with Crippen molar-refractivity contribution in [1.82, 2.24) is 20.1 Å². The van der Waals surface area contributed by atoms with E-state index in [4.69, 9.17) is 5.84 Å². The Morgan fingerprint density at radius 1 is 1.35 bits per heavy atom. The lowest BCUT2D eigenvalue weighted by molar-refractivity contribution is 0.0945. The van der Waals surface area contributed by atoms with Crippen molar-refractivity contribution < 1.29 is 9.90 Å². The second kappa shape index (κ2) is 6.91. The smallest absolute Gasteiger partial charge is 0.286 e. The van der Waals surface area contributed by atoms with Crippen molar-refractivity contribution in [2.45, 2.75) is 26.1 Å². The van der Waals surface area contributed by atoms with Crippen molar-refractivity contribution in [1.29, 1.82) is 0 Å². The first-order chi connectivity index (χ1) is 11.2. The monoisotopic (exact) mass is 315 g/mol. The van der Waals surface area contributed by atoms with Gasteiger partial charge in [-0.25, -0.2) is 5.84 Å². The van der Waals surface area contributed by atoms with Crippen LogP contribution in [0.25, 0.3) is 0 Å². The maximum atomic E-state index is 12.0. The first-order valence-corrected chi connectivity index (χ1v) is 7.69. The van der Waals surface area contributed by atoms with E-state index < -0.39 is 0 Å². The van der Waals surface area contributed by atoms with Crippen LogP contribution in [0.1, 0.15) is 27.3 Å². The first-order valence-electron chi connectivity index (χ1n) is 7.69. The topological polar surface area (TPSA) is 96.4 Å². The zero-order chi connectivity index (χ0) is 16.2. The molecular weight excluding hydrogens is 294 g/mol. The van der Waals surface area contributed by atoms with Crippen LogP contribution < -0.4 is 11.3 Å². The Balaban J connectivity index is 1.85. The van der Waals surface area contributed by atoms with Crippen molar-refractivity contribution in [2.75, 3.05) is 13.2 Å². The fourth-order valence-corrected chi connectivity index (χ4v) is 3.05. The number of nitrogens with one attached hydrogen (secondary N) is 1. The predicted octanol–water partition coefficient (Wildman–Crippen LogP) is 0.0372. The van der Waals surface area contributed by atoms with Gasteiger partial charge in [0.15, 0.2) is 5.69 Å². The van der Waals surface area contributed by atoms with Crippen LogP contribution in [-0.4, -0.2) is 38.8 Å². The summed E-state index contributed by atoms with van der Waals surface area (Å²) in [5.41, 5.74) is 5.67. The Morgan fingerprint density at radius 2 is 2.13 bits per heavy atom. The van der Waals surface area contributed by atoms with Gasteiger partial charge in [-0.15, -0.1) is 0 Å². The number of nitrogen functional groups attached to an aromatic ring is 1. The van der Waals surface area contributed by atoms with Crippen LogP contribution in [-0.2, 0) is 26.1 Å². The minimum atomic E-state index is -0.389. The molecule has 2 heterocycles. The molecule has 1 aromatic carbocycles. The largest absolute Gasteiger partial charge is 0.394 e. The summed E-state index contributed by atoms with van der Waals surface area (Å²) in [6, 6.07) is 10.2. The van der Waals surface area contributed by atoms with E-state index in [2.05, 4.69) is 27.6 Å². The molecule has 0 unspecified atom stereocenters. The van der Waals surface area contributed by atoms with Crippen LogP contribution >= 0.6 is 0 Å². The van der Waals surface area contributed by atoms with Crippen LogP contribution in [0.3, 0.4) is 0 Å². The number of aliphatic hydroxyl groups excluding tert-OH is 1. The Hall–Kier alpha value is -2.22. The molecule has 7 nitrogen and oxygen atoms in total. The number of nitrogens with zero attached hydrogens (tertiary/aromatic N) is 3. The number of amides is 1. The van der Waals surface area contributed by atoms with Gasteiger partial charge in [0, 0.05) is 37.3 Å². The first kappa shape index (κ1) is 15.7. The molecule has 0 atom stereocenters. The zero-order valence-electron chi connectivity index (χ0n) is 12.9. The van der Waals surface area contributed by atoms with E-state index in [0.29, 0.717) is 18.8 Å². The molecule has 1 aromatic heterocycles. The molecule has 0 spiro atoms. The Kier molecular flexibility index (Phi) is 4.71. The quantitative estimate of drug-likeness (QED) is 0.411. The lowest BCUT2D eigenvalue weighted by Crippen LogP contribution is -2.34. The van der Waals surface area contributed by atoms with Gasteiger partial charge in [-0.05, 0) is 5.56 Å². The molecule has 23 heavy (non-hydrogen) atoms. The van der Waals surface area contributed by atoms with E-state index in [1.807, 2.05) is 18.2 Å². The van der Waals surface area contributed by atoms with Crippen LogP contribution in [0, 0.1) is 0 Å². The number of fused-ring (bicyclic) bond motifs is 1. The Morgan fingerprint density at radius 3 is 2.83 bits per heavy atom. The lowest BCUT2D eigenvalue weighted by Gasteiger charge is -2.27. The van der Waals surface area contributed by atoms with E-state index >= 15 is 0 Å². The number of carbonyl (C=O) groups excluding carboxylic acids is 1. The number of nitrogens with two attached hydrogens (primary N) is 1. The number of aromatic nitrogens is 2. The standard InChI is InChI=1S/C16H21N5O2/c17-18-16(23)15-13-11-20(10-12-4-2-1-3-5-12)7-6-14(13)21(19-15)8-9-22/h1-5,22H,6-11,17H2,(H,18,23). The zero-order valence-corrected chi connectivity index (χ0v) is 12.9. The molecule has 7 heteroatoms. The predicted molar refractivity (Wildman–Crippen MR) is 85.2 cm³/mol. The molecule has 1 aliphatic heterocycles. The molecule has 2 aromatic rings. The SMILES string of the molecule is NNC(=O)c1nn(CCO)c2c1CN(Cc1ccccc1)CC2. The van der Waals surface area contributed by atoms with Crippen molar-refractivity contribution in [3.63, 3.8) is 0 Å². The minimum Gasteiger partial charge on any atom is -0.394 e.